The van der Waals surface area contributed by atoms with E-state index in [1.165, 1.54) is 27.6 Å². The number of nitrogens with zero attached hydrogens (tertiary/aromatic N) is 2. The fourth-order valence-electron chi connectivity index (χ4n) is 7.21. The summed E-state index contributed by atoms with van der Waals surface area (Å²) in [5.74, 6) is 2.99. The van der Waals surface area contributed by atoms with Gasteiger partial charge in [0.15, 0.2) is 5.75 Å². The van der Waals surface area contributed by atoms with Crippen molar-refractivity contribution in [3.05, 3.63) is 90.1 Å². The Morgan fingerprint density at radius 2 is 1.50 bits per heavy atom. The molecule has 1 aliphatic rings. The molecule has 5 aromatic rings. The third-order valence-electron chi connectivity index (χ3n) is 10.4. The third-order valence-corrected chi connectivity index (χ3v) is 10.9. The Morgan fingerprint density at radius 1 is 0.833 bits per heavy atom. The number of rotatable bonds is 15. The number of anilines is 5. The lowest BCUT2D eigenvalue weighted by atomic mass is 9.86. The Bertz CT molecular complexity index is 2330. The van der Waals surface area contributed by atoms with Crippen molar-refractivity contribution in [3.8, 4) is 28.7 Å². The maximum absolute atomic E-state index is 13.5. The van der Waals surface area contributed by atoms with E-state index in [0.29, 0.717) is 75.3 Å². The van der Waals surface area contributed by atoms with E-state index in [1.54, 1.807) is 42.6 Å². The minimum absolute atomic E-state index is 0.254. The molecular formula is C45H55N7O7S. The van der Waals surface area contributed by atoms with Crippen LogP contribution in [0.2, 0.25) is 0 Å². The molecule has 5 N–H and O–H groups in total. The van der Waals surface area contributed by atoms with Crippen LogP contribution in [-0.4, -0.2) is 80.3 Å². The molecule has 14 nitrogen and oxygen atoms in total. The monoisotopic (exact) mass is 837 g/mol. The molecular weight excluding hydrogens is 783 g/mol. The number of ether oxygens (including phenoxy) is 4. The topological polar surface area (TPSA) is 164 Å². The zero-order valence-electron chi connectivity index (χ0n) is 35.5. The molecule has 0 aliphatic carbocycles. The average Bonchev–Trinajstić information content (AvgIpc) is 3.21. The summed E-state index contributed by atoms with van der Waals surface area (Å²) in [6, 6.07) is 21.4. The first-order valence-corrected chi connectivity index (χ1v) is 21.4. The van der Waals surface area contributed by atoms with Crippen LogP contribution in [0.4, 0.5) is 33.4 Å². The number of methoxy groups -OCH3 is 3. The number of fused-ring (bicyclic) bond motifs is 1. The molecule has 0 radical (unpaired) electrons. The molecule has 0 spiro atoms. The number of aromatic nitrogens is 1. The van der Waals surface area contributed by atoms with E-state index in [0.717, 1.165) is 48.7 Å². The summed E-state index contributed by atoms with van der Waals surface area (Å²) in [6.45, 7) is 8.90. The van der Waals surface area contributed by atoms with Crippen molar-refractivity contribution < 1.29 is 32.7 Å². The van der Waals surface area contributed by atoms with Crippen molar-refractivity contribution in [3.63, 3.8) is 0 Å². The summed E-state index contributed by atoms with van der Waals surface area (Å²) in [7, 11) is 5.32. The van der Waals surface area contributed by atoms with E-state index in [2.05, 4.69) is 63.7 Å². The van der Waals surface area contributed by atoms with E-state index in [-0.39, 0.29) is 11.3 Å². The highest BCUT2D eigenvalue weighted by Crippen LogP contribution is 2.40. The lowest BCUT2D eigenvalue weighted by Gasteiger charge is -2.28. The summed E-state index contributed by atoms with van der Waals surface area (Å²) < 4.78 is 38.4. The average molecular weight is 838 g/mol. The number of carbonyl (C=O) groups is 2. The second kappa shape index (κ2) is 19.3. The number of likely N-dealkylation sites (tertiary alicyclic amines) is 1. The number of hydrogen-bond donors (Lipinski definition) is 5. The van der Waals surface area contributed by atoms with E-state index in [4.69, 9.17) is 18.9 Å². The number of hydrogen-bond acceptors (Lipinski definition) is 10. The summed E-state index contributed by atoms with van der Waals surface area (Å²) in [5, 5.41) is 13.8. The number of nitrogens with one attached hydrogen (secondary N) is 5. The van der Waals surface area contributed by atoms with Gasteiger partial charge < -0.3 is 49.8 Å². The first-order chi connectivity index (χ1) is 28.8. The number of pyridine rings is 1. The van der Waals surface area contributed by atoms with Gasteiger partial charge in [0.2, 0.25) is 0 Å². The molecule has 60 heavy (non-hydrogen) atoms. The standard InChI is InChI=1S/C45H55N7O7S/c1-45(2,3)29-23-35(42(58-7)36(24-29)51-60(8)55)50-44(54)49-34-13-14-37(33-12-10-9-11-32(33)34)59-31-16-20-46-40(27-31)48-30-25-38(56-5)41(39(26-30)57-6)43(53)47-19-15-28-17-21-52(4)22-18-28/h9-14,16,20,23-28,51H,15,17-19,21-22H2,1-8H3,(H,46,48)(H,47,53)(H2,49,50,54). The van der Waals surface area contributed by atoms with Crippen LogP contribution in [0, 0.1) is 5.92 Å². The number of urea groups is 1. The van der Waals surface area contributed by atoms with Crippen LogP contribution in [0.5, 0.6) is 28.7 Å². The maximum Gasteiger partial charge on any atom is 0.323 e. The van der Waals surface area contributed by atoms with Gasteiger partial charge in [-0.05, 0) is 86.6 Å². The number of amides is 3. The second-order valence-electron chi connectivity index (χ2n) is 15.8. The zero-order valence-corrected chi connectivity index (χ0v) is 36.3. The predicted molar refractivity (Wildman–Crippen MR) is 240 cm³/mol. The predicted octanol–water partition coefficient (Wildman–Crippen LogP) is 8.91. The van der Waals surface area contributed by atoms with Gasteiger partial charge in [0.1, 0.15) is 45.4 Å². The van der Waals surface area contributed by atoms with Crippen molar-refractivity contribution in [1.29, 1.82) is 0 Å². The van der Waals surface area contributed by atoms with Crippen molar-refractivity contribution in [2.24, 2.45) is 5.92 Å². The van der Waals surface area contributed by atoms with Crippen molar-refractivity contribution in [1.82, 2.24) is 15.2 Å². The van der Waals surface area contributed by atoms with Crippen LogP contribution in [-0.2, 0) is 16.4 Å². The smallest absolute Gasteiger partial charge is 0.323 e. The number of piperidine rings is 1. The molecule has 4 aromatic carbocycles. The van der Waals surface area contributed by atoms with Gasteiger partial charge in [0, 0.05) is 53.7 Å². The Hall–Kier alpha value is -6.06. The summed E-state index contributed by atoms with van der Waals surface area (Å²) in [6.07, 6.45) is 6.36. The minimum Gasteiger partial charge on any atom is -0.496 e. The van der Waals surface area contributed by atoms with Crippen LogP contribution < -0.4 is 44.9 Å². The number of carbonyl (C=O) groups excluding carboxylic acids is 2. The van der Waals surface area contributed by atoms with E-state index < -0.39 is 17.0 Å². The molecule has 1 unspecified atom stereocenters. The Kier molecular flexibility index (Phi) is 14.0. The first kappa shape index (κ1) is 43.5. The highest BCUT2D eigenvalue weighted by atomic mass is 32.2. The highest BCUT2D eigenvalue weighted by Gasteiger charge is 2.24. The van der Waals surface area contributed by atoms with E-state index in [9.17, 15) is 13.8 Å². The Morgan fingerprint density at radius 3 is 2.15 bits per heavy atom. The Balaban J connectivity index is 1.16. The lowest BCUT2D eigenvalue weighted by molar-refractivity contribution is 0.0942. The van der Waals surface area contributed by atoms with Crippen LogP contribution in [0.3, 0.4) is 0 Å². The Labute approximate surface area is 354 Å². The van der Waals surface area contributed by atoms with Crippen molar-refractivity contribution in [2.45, 2.75) is 45.4 Å². The maximum atomic E-state index is 13.5. The zero-order chi connectivity index (χ0) is 43.0. The molecule has 15 heteroatoms. The molecule has 1 atom stereocenters. The quantitative estimate of drug-likeness (QED) is 0.0688. The third kappa shape index (κ3) is 10.8. The summed E-state index contributed by atoms with van der Waals surface area (Å²) in [5.41, 5.74) is 3.07. The van der Waals surface area contributed by atoms with E-state index in [1.807, 2.05) is 36.4 Å². The van der Waals surface area contributed by atoms with Crippen LogP contribution in [0.1, 0.15) is 56.0 Å². The number of benzene rings is 4. The molecule has 1 saturated heterocycles. The minimum atomic E-state index is -1.37. The molecule has 0 saturated carbocycles. The van der Waals surface area contributed by atoms with Gasteiger partial charge in [-0.25, -0.2) is 14.0 Å². The lowest BCUT2D eigenvalue weighted by Crippen LogP contribution is -2.33. The molecule has 6 rings (SSSR count). The molecule has 3 amide bonds. The highest BCUT2D eigenvalue weighted by molar-refractivity contribution is 7.85. The van der Waals surface area contributed by atoms with Crippen LogP contribution >= 0.6 is 0 Å². The van der Waals surface area contributed by atoms with Gasteiger partial charge >= 0.3 is 6.03 Å². The van der Waals surface area contributed by atoms with Gasteiger partial charge in [0.05, 0.1) is 38.4 Å². The molecule has 1 fully saturated rings. The van der Waals surface area contributed by atoms with Crippen LogP contribution in [0.25, 0.3) is 10.8 Å². The molecule has 0 bridgehead atoms. The van der Waals surface area contributed by atoms with Gasteiger partial charge in [-0.1, -0.05) is 45.0 Å². The molecule has 2 heterocycles. The normalized spacial score (nSPS) is 13.9. The van der Waals surface area contributed by atoms with Gasteiger partial charge in [-0.3, -0.25) is 4.79 Å². The first-order valence-electron chi connectivity index (χ1n) is 19.8. The fraction of sp³-hybridized carbons (Fsp3) is 0.356. The van der Waals surface area contributed by atoms with Gasteiger partial charge in [-0.15, -0.1) is 0 Å². The van der Waals surface area contributed by atoms with Crippen molar-refractivity contribution >= 4 is 62.3 Å². The van der Waals surface area contributed by atoms with Gasteiger partial charge in [-0.2, -0.15) is 0 Å². The van der Waals surface area contributed by atoms with Crippen LogP contribution in [0.15, 0.2) is 79.0 Å². The molecule has 318 valence electrons. The molecule has 1 aliphatic heterocycles. The summed E-state index contributed by atoms with van der Waals surface area (Å²) in [4.78, 5) is 33.7. The SMILES string of the molecule is COc1cc(Nc2cc(Oc3ccc(NC(=O)Nc4cc(C(C)(C)C)cc(NS(C)=O)c4OC)c4ccccc34)ccn2)cc(OC)c1C(=O)NCCC1CCN(C)CC1. The van der Waals surface area contributed by atoms with E-state index >= 15 is 0 Å². The van der Waals surface area contributed by atoms with Crippen molar-refractivity contribution in [2.75, 3.05) is 74.9 Å². The largest absolute Gasteiger partial charge is 0.496 e. The fourth-order valence-corrected chi connectivity index (χ4v) is 7.67. The molecule has 1 aromatic heterocycles. The second-order valence-corrected chi connectivity index (χ2v) is 16.9. The summed E-state index contributed by atoms with van der Waals surface area (Å²) >= 11 is 0. The van der Waals surface area contributed by atoms with Gasteiger partial charge in [0.25, 0.3) is 5.91 Å².